The topological polar surface area (TPSA) is 33.5 Å². The van der Waals surface area contributed by atoms with Crippen molar-refractivity contribution in [1.82, 2.24) is 4.90 Å². The third-order valence-electron chi connectivity index (χ3n) is 3.80. The van der Waals surface area contributed by atoms with Crippen LogP contribution in [0.2, 0.25) is 0 Å². The second-order valence-corrected chi connectivity index (χ2v) is 5.73. The fourth-order valence-electron chi connectivity index (χ4n) is 2.48. The SMILES string of the molecule is Cc1ccc(C(=O)N(Cc2ccc(F)cc2)Cc2ccco2)cc1. The zero-order valence-electron chi connectivity index (χ0n) is 13.4. The van der Waals surface area contributed by atoms with E-state index in [2.05, 4.69) is 0 Å². The zero-order chi connectivity index (χ0) is 16.9. The minimum atomic E-state index is -0.291. The van der Waals surface area contributed by atoms with Crippen molar-refractivity contribution in [3.63, 3.8) is 0 Å². The molecule has 3 aromatic rings. The first-order chi connectivity index (χ1) is 11.6. The Morgan fingerprint density at radius 2 is 1.71 bits per heavy atom. The number of nitrogens with zero attached hydrogens (tertiary/aromatic N) is 1. The van der Waals surface area contributed by atoms with Gasteiger partial charge in [-0.2, -0.15) is 0 Å². The maximum Gasteiger partial charge on any atom is 0.254 e. The van der Waals surface area contributed by atoms with Crippen molar-refractivity contribution in [3.05, 3.63) is 95.2 Å². The van der Waals surface area contributed by atoms with Gasteiger partial charge in [-0.15, -0.1) is 0 Å². The first-order valence-corrected chi connectivity index (χ1v) is 7.74. The Hall–Kier alpha value is -2.88. The van der Waals surface area contributed by atoms with E-state index < -0.39 is 0 Å². The second kappa shape index (κ2) is 7.13. The molecule has 1 aromatic heterocycles. The van der Waals surface area contributed by atoms with Gasteiger partial charge in [0.15, 0.2) is 0 Å². The molecule has 4 heteroatoms. The van der Waals surface area contributed by atoms with Crippen molar-refractivity contribution >= 4 is 5.91 Å². The van der Waals surface area contributed by atoms with E-state index in [1.165, 1.54) is 12.1 Å². The van der Waals surface area contributed by atoms with Crippen LogP contribution in [0.1, 0.15) is 27.2 Å². The van der Waals surface area contributed by atoms with E-state index >= 15 is 0 Å². The summed E-state index contributed by atoms with van der Waals surface area (Å²) in [6, 6.07) is 17.3. The lowest BCUT2D eigenvalue weighted by Crippen LogP contribution is -2.30. The Balaban J connectivity index is 1.84. The van der Waals surface area contributed by atoms with Crippen LogP contribution in [-0.4, -0.2) is 10.8 Å². The number of carbonyl (C=O) groups is 1. The summed E-state index contributed by atoms with van der Waals surface area (Å²) >= 11 is 0. The number of carbonyl (C=O) groups excluding carboxylic acids is 1. The molecule has 0 spiro atoms. The molecule has 3 rings (SSSR count). The van der Waals surface area contributed by atoms with Crippen LogP contribution in [0.25, 0.3) is 0 Å². The molecule has 0 atom stereocenters. The van der Waals surface area contributed by atoms with E-state index in [0.29, 0.717) is 24.4 Å². The lowest BCUT2D eigenvalue weighted by molar-refractivity contribution is 0.0717. The largest absolute Gasteiger partial charge is 0.467 e. The summed E-state index contributed by atoms with van der Waals surface area (Å²) in [7, 11) is 0. The van der Waals surface area contributed by atoms with Crippen molar-refractivity contribution in [2.24, 2.45) is 0 Å². The molecule has 0 radical (unpaired) electrons. The second-order valence-electron chi connectivity index (χ2n) is 5.73. The predicted molar refractivity (Wildman–Crippen MR) is 89.9 cm³/mol. The number of hydrogen-bond acceptors (Lipinski definition) is 2. The zero-order valence-corrected chi connectivity index (χ0v) is 13.4. The highest BCUT2D eigenvalue weighted by atomic mass is 19.1. The number of rotatable bonds is 5. The van der Waals surface area contributed by atoms with Gasteiger partial charge in [0.25, 0.3) is 5.91 Å². The lowest BCUT2D eigenvalue weighted by Gasteiger charge is -2.22. The van der Waals surface area contributed by atoms with Gasteiger partial charge in [-0.05, 0) is 48.9 Å². The molecule has 0 unspecified atom stereocenters. The molecule has 0 bridgehead atoms. The van der Waals surface area contributed by atoms with Gasteiger partial charge in [0, 0.05) is 12.1 Å². The summed E-state index contributed by atoms with van der Waals surface area (Å²) < 4.78 is 18.5. The predicted octanol–water partition coefficient (Wildman–Crippen LogP) is 4.57. The number of halogens is 1. The van der Waals surface area contributed by atoms with Gasteiger partial charge < -0.3 is 9.32 Å². The Morgan fingerprint density at radius 3 is 2.33 bits per heavy atom. The van der Waals surface area contributed by atoms with Gasteiger partial charge >= 0.3 is 0 Å². The van der Waals surface area contributed by atoms with E-state index in [4.69, 9.17) is 4.42 Å². The van der Waals surface area contributed by atoms with Crippen LogP contribution >= 0.6 is 0 Å². The third-order valence-corrected chi connectivity index (χ3v) is 3.80. The molecule has 0 aliphatic carbocycles. The van der Waals surface area contributed by atoms with Crippen LogP contribution in [0.3, 0.4) is 0 Å². The Kier molecular flexibility index (Phi) is 4.75. The molecular weight excluding hydrogens is 305 g/mol. The molecule has 0 aliphatic heterocycles. The molecule has 0 saturated carbocycles. The molecule has 122 valence electrons. The Labute approximate surface area is 140 Å². The normalized spacial score (nSPS) is 10.6. The first-order valence-electron chi connectivity index (χ1n) is 7.74. The van der Waals surface area contributed by atoms with Crippen LogP contribution in [-0.2, 0) is 13.1 Å². The van der Waals surface area contributed by atoms with Crippen molar-refractivity contribution in [3.8, 4) is 0 Å². The summed E-state index contributed by atoms with van der Waals surface area (Å²) in [5, 5.41) is 0. The minimum absolute atomic E-state index is 0.0873. The van der Waals surface area contributed by atoms with Crippen molar-refractivity contribution < 1.29 is 13.6 Å². The molecule has 1 heterocycles. The fraction of sp³-hybridized carbons (Fsp3) is 0.150. The smallest absolute Gasteiger partial charge is 0.254 e. The summed E-state index contributed by atoms with van der Waals surface area (Å²) in [4.78, 5) is 14.6. The highest BCUT2D eigenvalue weighted by Gasteiger charge is 2.17. The standard InChI is InChI=1S/C20H18FNO2/c1-15-4-8-17(9-5-15)20(23)22(14-19-3-2-12-24-19)13-16-6-10-18(21)11-7-16/h2-12H,13-14H2,1H3. The number of furan rings is 1. The average Bonchev–Trinajstić information content (AvgIpc) is 3.09. The van der Waals surface area contributed by atoms with Crippen molar-refractivity contribution in [2.75, 3.05) is 0 Å². The molecule has 3 nitrogen and oxygen atoms in total. The summed E-state index contributed by atoms with van der Waals surface area (Å²) in [5.74, 6) is 0.328. The van der Waals surface area contributed by atoms with Crippen LogP contribution in [0, 0.1) is 12.7 Å². The summed E-state index contributed by atoms with van der Waals surface area (Å²) in [6.45, 7) is 2.72. The molecule has 1 amide bonds. The molecule has 0 fully saturated rings. The maximum atomic E-state index is 13.1. The van der Waals surface area contributed by atoms with Crippen LogP contribution in [0.15, 0.2) is 71.3 Å². The Bertz CT molecular complexity index is 793. The van der Waals surface area contributed by atoms with E-state index in [0.717, 1.165) is 11.1 Å². The van der Waals surface area contributed by atoms with E-state index in [1.807, 2.05) is 37.3 Å². The first kappa shape index (κ1) is 16.0. The molecule has 0 N–H and O–H groups in total. The molecule has 24 heavy (non-hydrogen) atoms. The van der Waals surface area contributed by atoms with Crippen LogP contribution in [0.4, 0.5) is 4.39 Å². The molecular formula is C20H18FNO2. The number of benzene rings is 2. The summed E-state index contributed by atoms with van der Waals surface area (Å²) in [6.07, 6.45) is 1.59. The van der Waals surface area contributed by atoms with Crippen molar-refractivity contribution in [2.45, 2.75) is 20.0 Å². The fourth-order valence-corrected chi connectivity index (χ4v) is 2.48. The summed E-state index contributed by atoms with van der Waals surface area (Å²) in [5.41, 5.74) is 2.58. The molecule has 0 aliphatic rings. The van der Waals surface area contributed by atoms with Gasteiger partial charge in [-0.3, -0.25) is 4.79 Å². The lowest BCUT2D eigenvalue weighted by atomic mass is 10.1. The molecule has 0 saturated heterocycles. The van der Waals surface area contributed by atoms with Gasteiger partial charge in [0.05, 0.1) is 12.8 Å². The number of amides is 1. The van der Waals surface area contributed by atoms with E-state index in [9.17, 15) is 9.18 Å². The van der Waals surface area contributed by atoms with Gasteiger partial charge in [-0.1, -0.05) is 29.8 Å². The maximum absolute atomic E-state index is 13.1. The third kappa shape index (κ3) is 3.90. The monoisotopic (exact) mass is 323 g/mol. The Morgan fingerprint density at radius 1 is 1.00 bits per heavy atom. The highest BCUT2D eigenvalue weighted by Crippen LogP contribution is 2.15. The van der Waals surface area contributed by atoms with E-state index in [-0.39, 0.29) is 11.7 Å². The average molecular weight is 323 g/mol. The van der Waals surface area contributed by atoms with Gasteiger partial charge in [-0.25, -0.2) is 4.39 Å². The van der Waals surface area contributed by atoms with Crippen molar-refractivity contribution in [1.29, 1.82) is 0 Å². The highest BCUT2D eigenvalue weighted by molar-refractivity contribution is 5.94. The molecule has 2 aromatic carbocycles. The van der Waals surface area contributed by atoms with Crippen LogP contribution < -0.4 is 0 Å². The van der Waals surface area contributed by atoms with Gasteiger partial charge in [0.1, 0.15) is 11.6 Å². The van der Waals surface area contributed by atoms with Crippen LogP contribution in [0.5, 0.6) is 0 Å². The van der Waals surface area contributed by atoms with Gasteiger partial charge in [0.2, 0.25) is 0 Å². The number of hydrogen-bond donors (Lipinski definition) is 0. The number of aryl methyl sites for hydroxylation is 1. The van der Waals surface area contributed by atoms with E-state index in [1.54, 1.807) is 29.4 Å². The quantitative estimate of drug-likeness (QED) is 0.689. The minimum Gasteiger partial charge on any atom is -0.467 e.